The van der Waals surface area contributed by atoms with Gasteiger partial charge in [-0.25, -0.2) is 9.97 Å². The molecule has 112 valence electrons. The van der Waals surface area contributed by atoms with E-state index in [0.717, 1.165) is 23.1 Å². The minimum atomic E-state index is -1.10. The zero-order valence-corrected chi connectivity index (χ0v) is 13.0. The second-order valence-electron chi connectivity index (χ2n) is 5.80. The van der Waals surface area contributed by atoms with Crippen molar-refractivity contribution in [3.8, 4) is 0 Å². The summed E-state index contributed by atoms with van der Waals surface area (Å²) in [5, 5.41) is 15.3. The van der Waals surface area contributed by atoms with E-state index in [2.05, 4.69) is 15.3 Å². The normalized spacial score (nSPS) is 16.0. The summed E-state index contributed by atoms with van der Waals surface area (Å²) < 4.78 is 0. The molecule has 2 aromatic heterocycles. The maximum atomic E-state index is 11.3. The van der Waals surface area contributed by atoms with Crippen molar-refractivity contribution < 1.29 is 9.90 Å². The molecule has 0 aliphatic heterocycles. The van der Waals surface area contributed by atoms with E-state index >= 15 is 0 Å². The van der Waals surface area contributed by atoms with Crippen LogP contribution in [0.4, 0.5) is 5.82 Å². The van der Waals surface area contributed by atoms with Gasteiger partial charge in [-0.15, -0.1) is 11.3 Å². The van der Waals surface area contributed by atoms with Gasteiger partial charge in [-0.2, -0.15) is 0 Å². The van der Waals surface area contributed by atoms with Gasteiger partial charge in [0.15, 0.2) is 0 Å². The lowest BCUT2D eigenvalue weighted by Crippen LogP contribution is -2.44. The van der Waals surface area contributed by atoms with Crippen LogP contribution in [0.3, 0.4) is 0 Å². The first-order valence-corrected chi connectivity index (χ1v) is 8.12. The van der Waals surface area contributed by atoms with Crippen LogP contribution in [0, 0.1) is 5.92 Å². The Balaban J connectivity index is 2.06. The third-order valence-electron chi connectivity index (χ3n) is 3.96. The Morgan fingerprint density at radius 1 is 1.33 bits per heavy atom. The third kappa shape index (κ3) is 2.60. The van der Waals surface area contributed by atoms with Crippen LogP contribution in [0.2, 0.25) is 0 Å². The number of hydrogen-bond acceptors (Lipinski definition) is 6. The van der Waals surface area contributed by atoms with Gasteiger partial charge in [-0.3, -0.25) is 0 Å². The van der Waals surface area contributed by atoms with Crippen molar-refractivity contribution in [1.82, 2.24) is 9.97 Å². The standard InChI is InChI=1S/C15H19N3O2S/c1-8(2)12(15(19)20)18-13-11-9-5-3-4-6-10(9)21-14(11)17-7-16-13/h7-8,12H,3-6H2,1-2H3,(H,19,20)(H,16,17,18)/p-1/t12-/m1/s1. The number of nitrogens with zero attached hydrogens (tertiary/aromatic N) is 2. The molecule has 0 spiro atoms. The fourth-order valence-corrected chi connectivity index (χ4v) is 4.07. The summed E-state index contributed by atoms with van der Waals surface area (Å²) in [4.78, 5) is 22.2. The highest BCUT2D eigenvalue weighted by Gasteiger charge is 2.22. The van der Waals surface area contributed by atoms with Crippen molar-refractivity contribution in [2.24, 2.45) is 5.92 Å². The highest BCUT2D eigenvalue weighted by molar-refractivity contribution is 7.19. The molecule has 0 aromatic carbocycles. The molecule has 2 heterocycles. The molecule has 1 atom stereocenters. The molecule has 3 rings (SSSR count). The van der Waals surface area contributed by atoms with Crippen LogP contribution in [-0.2, 0) is 17.6 Å². The van der Waals surface area contributed by atoms with Gasteiger partial charge in [-0.1, -0.05) is 13.8 Å². The highest BCUT2D eigenvalue weighted by Crippen LogP contribution is 2.38. The smallest absolute Gasteiger partial charge is 0.138 e. The Hall–Kier alpha value is -1.69. The van der Waals surface area contributed by atoms with Crippen LogP contribution in [0.25, 0.3) is 10.2 Å². The number of carbonyl (C=O) groups is 1. The lowest BCUT2D eigenvalue weighted by Gasteiger charge is -2.24. The molecule has 0 saturated heterocycles. The number of anilines is 1. The van der Waals surface area contributed by atoms with E-state index in [9.17, 15) is 9.90 Å². The predicted molar refractivity (Wildman–Crippen MR) is 81.3 cm³/mol. The fraction of sp³-hybridized carbons (Fsp3) is 0.533. The number of aliphatic carboxylic acids is 1. The van der Waals surface area contributed by atoms with Gasteiger partial charge in [0.1, 0.15) is 17.0 Å². The predicted octanol–water partition coefficient (Wildman–Crippen LogP) is 1.76. The van der Waals surface area contributed by atoms with Crippen LogP contribution in [-0.4, -0.2) is 22.0 Å². The summed E-state index contributed by atoms with van der Waals surface area (Å²) in [6, 6.07) is -0.748. The number of nitrogens with one attached hydrogen (secondary N) is 1. The molecule has 6 heteroatoms. The van der Waals surface area contributed by atoms with Crippen molar-refractivity contribution in [3.63, 3.8) is 0 Å². The van der Waals surface area contributed by atoms with Gasteiger partial charge in [-0.05, 0) is 37.2 Å². The van der Waals surface area contributed by atoms with Crippen molar-refractivity contribution in [2.75, 3.05) is 5.32 Å². The van der Waals surface area contributed by atoms with Crippen LogP contribution < -0.4 is 10.4 Å². The van der Waals surface area contributed by atoms with Gasteiger partial charge in [0, 0.05) is 4.88 Å². The molecule has 21 heavy (non-hydrogen) atoms. The van der Waals surface area contributed by atoms with Crippen LogP contribution in [0.15, 0.2) is 6.33 Å². The molecule has 0 saturated carbocycles. The number of carboxylic acid groups (broad SMARTS) is 1. The Labute approximate surface area is 127 Å². The molecule has 1 aliphatic rings. The quantitative estimate of drug-likeness (QED) is 0.931. The van der Waals surface area contributed by atoms with Crippen LogP contribution in [0.5, 0.6) is 0 Å². The minimum absolute atomic E-state index is 0.0746. The molecular weight excluding hydrogens is 286 g/mol. The Bertz CT molecular complexity index is 681. The highest BCUT2D eigenvalue weighted by atomic mass is 32.1. The Kier molecular flexibility index (Phi) is 3.80. The van der Waals surface area contributed by atoms with Gasteiger partial charge in [0.2, 0.25) is 0 Å². The number of aryl methyl sites for hydroxylation is 2. The van der Waals surface area contributed by atoms with E-state index in [0.29, 0.717) is 5.82 Å². The minimum Gasteiger partial charge on any atom is -0.548 e. The molecule has 2 aromatic rings. The zero-order valence-electron chi connectivity index (χ0n) is 12.2. The molecule has 0 amide bonds. The van der Waals surface area contributed by atoms with Crippen molar-refractivity contribution >= 4 is 33.3 Å². The number of aromatic nitrogens is 2. The summed E-state index contributed by atoms with van der Waals surface area (Å²) in [7, 11) is 0. The molecule has 0 fully saturated rings. The van der Waals surface area contributed by atoms with Gasteiger partial charge in [0.05, 0.1) is 17.4 Å². The fourth-order valence-electron chi connectivity index (χ4n) is 2.84. The Morgan fingerprint density at radius 3 is 2.81 bits per heavy atom. The maximum absolute atomic E-state index is 11.3. The van der Waals surface area contributed by atoms with E-state index in [1.54, 1.807) is 11.3 Å². The monoisotopic (exact) mass is 304 g/mol. The summed E-state index contributed by atoms with van der Waals surface area (Å²) in [5.41, 5.74) is 1.30. The van der Waals surface area contributed by atoms with Gasteiger partial charge < -0.3 is 15.2 Å². The van der Waals surface area contributed by atoms with Gasteiger partial charge >= 0.3 is 0 Å². The number of hydrogen-bond donors (Lipinski definition) is 1. The average Bonchev–Trinajstić information content (AvgIpc) is 2.83. The lowest BCUT2D eigenvalue weighted by molar-refractivity contribution is -0.307. The zero-order chi connectivity index (χ0) is 15.0. The van der Waals surface area contributed by atoms with Gasteiger partial charge in [0.25, 0.3) is 0 Å². The number of carbonyl (C=O) groups excluding carboxylic acids is 1. The van der Waals surface area contributed by atoms with E-state index in [1.165, 1.54) is 29.6 Å². The van der Waals surface area contributed by atoms with Crippen molar-refractivity contribution in [3.05, 3.63) is 16.8 Å². The largest absolute Gasteiger partial charge is 0.548 e. The van der Waals surface area contributed by atoms with E-state index in [4.69, 9.17) is 0 Å². The number of thiophene rings is 1. The second kappa shape index (κ2) is 5.60. The number of carboxylic acids is 1. The van der Waals surface area contributed by atoms with Crippen molar-refractivity contribution in [1.29, 1.82) is 0 Å². The van der Waals surface area contributed by atoms with E-state index in [-0.39, 0.29) is 5.92 Å². The first-order valence-electron chi connectivity index (χ1n) is 7.30. The van der Waals surface area contributed by atoms with Crippen LogP contribution in [0.1, 0.15) is 37.1 Å². The SMILES string of the molecule is CC(C)[C@@H](Nc1ncnc2sc3c(c12)CCCC3)C(=O)[O-]. The summed E-state index contributed by atoms with van der Waals surface area (Å²) in [6.45, 7) is 3.71. The summed E-state index contributed by atoms with van der Waals surface area (Å²) in [5.74, 6) is -0.544. The lowest BCUT2D eigenvalue weighted by atomic mass is 9.96. The molecule has 0 unspecified atom stereocenters. The average molecular weight is 304 g/mol. The third-order valence-corrected chi connectivity index (χ3v) is 5.16. The van der Waals surface area contributed by atoms with Crippen molar-refractivity contribution in [2.45, 2.75) is 45.6 Å². The topological polar surface area (TPSA) is 77.9 Å². The summed E-state index contributed by atoms with van der Waals surface area (Å²) >= 11 is 1.70. The Morgan fingerprint density at radius 2 is 2.10 bits per heavy atom. The molecular formula is C15H18N3O2S-. The number of rotatable bonds is 4. The number of fused-ring (bicyclic) bond motifs is 3. The second-order valence-corrected chi connectivity index (χ2v) is 6.88. The summed E-state index contributed by atoms with van der Waals surface area (Å²) in [6.07, 6.45) is 5.99. The molecule has 5 nitrogen and oxygen atoms in total. The maximum Gasteiger partial charge on any atom is 0.138 e. The van der Waals surface area contributed by atoms with E-state index in [1.807, 2.05) is 13.8 Å². The first kappa shape index (κ1) is 14.3. The molecule has 0 radical (unpaired) electrons. The molecule has 0 bridgehead atoms. The molecule has 1 N–H and O–H groups in total. The first-order chi connectivity index (χ1) is 10.1. The van der Waals surface area contributed by atoms with E-state index < -0.39 is 12.0 Å². The van der Waals surface area contributed by atoms with Crippen LogP contribution >= 0.6 is 11.3 Å². The molecule has 1 aliphatic carbocycles.